The third kappa shape index (κ3) is 8.20. The standard InChI is InChI=1S/C9H16N2O4SSe/c1-5(12)11-7(8(13)14)2-3-16-4-6(10)9(15)17/h6-7H,2-4,10H2,1H3,(H,11,12)(H,13,14)(H,15,17)/t6-,7-/m0/s1. The molecule has 0 saturated heterocycles. The third-order valence-corrected chi connectivity index (χ3v) is 3.60. The van der Waals surface area contributed by atoms with Crippen LogP contribution >= 0.6 is 11.8 Å². The number of carboxylic acids is 1. The first-order valence-electron chi connectivity index (χ1n) is 4.90. The molecule has 0 bridgehead atoms. The molecule has 6 nitrogen and oxygen atoms in total. The van der Waals surface area contributed by atoms with Crippen LogP contribution in [0.3, 0.4) is 0 Å². The number of nitrogens with one attached hydrogen (secondary N) is 1. The quantitative estimate of drug-likeness (QED) is 0.326. The Hall–Kier alpha value is -0.561. The van der Waals surface area contributed by atoms with Gasteiger partial charge in [-0.05, 0) is 0 Å². The molecule has 0 aliphatic carbocycles. The summed E-state index contributed by atoms with van der Waals surface area (Å²) in [5, 5.41) is 20.2. The zero-order valence-corrected chi connectivity index (χ0v) is 11.9. The second-order valence-corrected chi connectivity index (χ2v) is 5.43. The fourth-order valence-corrected chi connectivity index (χ4v) is 2.38. The molecule has 2 atom stereocenters. The van der Waals surface area contributed by atoms with E-state index in [2.05, 4.69) is 20.9 Å². The molecule has 0 spiro atoms. The molecule has 5 N–H and O–H groups in total. The summed E-state index contributed by atoms with van der Waals surface area (Å²) in [4.78, 5) is 21.5. The molecule has 0 rings (SSSR count). The molecule has 0 saturated carbocycles. The molecule has 8 heteroatoms. The van der Waals surface area contributed by atoms with Gasteiger partial charge in [0, 0.05) is 0 Å². The summed E-state index contributed by atoms with van der Waals surface area (Å²) < 4.78 is 0.0362. The summed E-state index contributed by atoms with van der Waals surface area (Å²) >= 11 is 3.84. The van der Waals surface area contributed by atoms with Crippen molar-refractivity contribution < 1.29 is 19.8 Å². The van der Waals surface area contributed by atoms with Crippen molar-refractivity contribution in [2.24, 2.45) is 5.73 Å². The van der Waals surface area contributed by atoms with Crippen molar-refractivity contribution in [2.75, 3.05) is 11.5 Å². The van der Waals surface area contributed by atoms with Crippen molar-refractivity contribution in [3.05, 3.63) is 0 Å². The average molecular weight is 327 g/mol. The predicted molar refractivity (Wildman–Crippen MR) is 67.9 cm³/mol. The summed E-state index contributed by atoms with van der Waals surface area (Å²) in [6.45, 7) is 1.28. The Morgan fingerprint density at radius 1 is 1.47 bits per heavy atom. The monoisotopic (exact) mass is 328 g/mol. The van der Waals surface area contributed by atoms with E-state index in [4.69, 9.17) is 15.9 Å². The van der Waals surface area contributed by atoms with Gasteiger partial charge >= 0.3 is 112 Å². The molecule has 0 fully saturated rings. The van der Waals surface area contributed by atoms with E-state index in [0.29, 0.717) is 17.9 Å². The van der Waals surface area contributed by atoms with Crippen LogP contribution < -0.4 is 11.1 Å². The SMILES string of the molecule is CC(=O)N[C@@H](CCSC[C@H](N)C(O)=[Se])C(=O)O. The summed E-state index contributed by atoms with van der Waals surface area (Å²) in [5.74, 6) is -0.389. The van der Waals surface area contributed by atoms with Crippen molar-refractivity contribution in [3.8, 4) is 0 Å². The molecule has 0 aromatic heterocycles. The second kappa shape index (κ2) is 8.52. The topological polar surface area (TPSA) is 113 Å². The number of carbonyl (C=O) groups excluding carboxylic acids is 1. The molecule has 0 radical (unpaired) electrons. The normalized spacial score (nSPS) is 13.8. The Balaban J connectivity index is 3.87. The van der Waals surface area contributed by atoms with Crippen molar-refractivity contribution in [1.29, 1.82) is 0 Å². The van der Waals surface area contributed by atoms with Crippen molar-refractivity contribution in [2.45, 2.75) is 25.4 Å². The van der Waals surface area contributed by atoms with Crippen LogP contribution in [0.2, 0.25) is 0 Å². The second-order valence-electron chi connectivity index (χ2n) is 3.40. The van der Waals surface area contributed by atoms with Crippen LogP contribution in [-0.4, -0.2) is 65.9 Å². The maximum atomic E-state index is 10.8. The van der Waals surface area contributed by atoms with Crippen LogP contribution in [-0.2, 0) is 9.59 Å². The van der Waals surface area contributed by atoms with Crippen LogP contribution in [0, 0.1) is 0 Å². The van der Waals surface area contributed by atoms with Gasteiger partial charge in [0.15, 0.2) is 0 Å². The van der Waals surface area contributed by atoms with Crippen molar-refractivity contribution in [3.63, 3.8) is 0 Å². The number of thioether (sulfide) groups is 1. The number of nitrogens with two attached hydrogens (primary N) is 1. The number of aliphatic hydroxyl groups excluding tert-OH is 1. The first-order chi connectivity index (χ1) is 7.84. The first-order valence-corrected chi connectivity index (χ1v) is 6.91. The van der Waals surface area contributed by atoms with Gasteiger partial charge in [0.2, 0.25) is 0 Å². The minimum absolute atomic E-state index is 0.0362. The Morgan fingerprint density at radius 2 is 2.06 bits per heavy atom. The molecule has 0 aliphatic heterocycles. The van der Waals surface area contributed by atoms with Crippen LogP contribution in [0.1, 0.15) is 13.3 Å². The summed E-state index contributed by atoms with van der Waals surface area (Å²) in [6.07, 6.45) is 0.320. The number of carboxylic acid groups (broad SMARTS) is 1. The van der Waals surface area contributed by atoms with Crippen LogP contribution in [0.4, 0.5) is 0 Å². The molecule has 1 amide bonds. The van der Waals surface area contributed by atoms with Gasteiger partial charge in [-0.25, -0.2) is 0 Å². The third-order valence-electron chi connectivity index (χ3n) is 1.84. The molecule has 0 aromatic rings. The number of rotatable bonds is 8. The molecule has 0 aromatic carbocycles. The minimum atomic E-state index is -1.05. The number of carbonyl (C=O) groups is 2. The van der Waals surface area contributed by atoms with E-state index < -0.39 is 18.1 Å². The van der Waals surface area contributed by atoms with Crippen molar-refractivity contribution in [1.82, 2.24) is 5.32 Å². The van der Waals surface area contributed by atoms with E-state index in [-0.39, 0.29) is 10.5 Å². The van der Waals surface area contributed by atoms with Gasteiger partial charge in [0.25, 0.3) is 0 Å². The van der Waals surface area contributed by atoms with E-state index >= 15 is 0 Å². The Bertz CT molecular complexity index is 301. The number of amides is 1. The molecule has 0 unspecified atom stereocenters. The van der Waals surface area contributed by atoms with Crippen LogP contribution in [0.15, 0.2) is 0 Å². The number of hydrogen-bond donors (Lipinski definition) is 4. The van der Waals surface area contributed by atoms with Gasteiger partial charge in [-0.3, -0.25) is 0 Å². The van der Waals surface area contributed by atoms with Gasteiger partial charge in [-0.2, -0.15) is 0 Å². The summed E-state index contributed by atoms with van der Waals surface area (Å²) in [7, 11) is 0. The molecule has 98 valence electrons. The van der Waals surface area contributed by atoms with Gasteiger partial charge in [-0.15, -0.1) is 0 Å². The summed E-state index contributed by atoms with van der Waals surface area (Å²) in [6, 6.07) is -1.33. The molecule has 0 aliphatic rings. The van der Waals surface area contributed by atoms with Crippen molar-refractivity contribution >= 4 is 43.8 Å². The zero-order chi connectivity index (χ0) is 13.4. The van der Waals surface area contributed by atoms with Gasteiger partial charge < -0.3 is 0 Å². The Morgan fingerprint density at radius 3 is 2.47 bits per heavy atom. The maximum absolute atomic E-state index is 10.8. The van der Waals surface area contributed by atoms with E-state index in [1.165, 1.54) is 18.7 Å². The van der Waals surface area contributed by atoms with E-state index in [0.717, 1.165) is 0 Å². The molecule has 17 heavy (non-hydrogen) atoms. The zero-order valence-electron chi connectivity index (χ0n) is 9.38. The van der Waals surface area contributed by atoms with Gasteiger partial charge in [-0.1, -0.05) is 0 Å². The van der Waals surface area contributed by atoms with E-state index in [1.807, 2.05) is 0 Å². The van der Waals surface area contributed by atoms with E-state index in [9.17, 15) is 9.59 Å². The van der Waals surface area contributed by atoms with Crippen LogP contribution in [0.5, 0.6) is 0 Å². The van der Waals surface area contributed by atoms with Crippen LogP contribution in [0.25, 0.3) is 0 Å². The predicted octanol–water partition coefficient (Wildman–Crippen LogP) is -1.30. The molecule has 0 heterocycles. The Labute approximate surface area is 112 Å². The fraction of sp³-hybridized carbons (Fsp3) is 0.667. The molecular formula is C9H16N2O4SSe. The van der Waals surface area contributed by atoms with E-state index in [1.54, 1.807) is 0 Å². The van der Waals surface area contributed by atoms with Gasteiger partial charge in [0.1, 0.15) is 0 Å². The molecular weight excluding hydrogens is 311 g/mol. The fourth-order valence-electron chi connectivity index (χ4n) is 0.986. The average Bonchev–Trinajstić information content (AvgIpc) is 2.21. The number of hydrogen-bond acceptors (Lipinski definition) is 5. The summed E-state index contributed by atoms with van der Waals surface area (Å²) in [5.41, 5.74) is 5.55. The Kier molecular flexibility index (Phi) is 8.24. The first kappa shape index (κ1) is 16.4. The number of aliphatic carboxylic acids is 1. The van der Waals surface area contributed by atoms with Gasteiger partial charge in [0.05, 0.1) is 0 Å². The number of aliphatic hydroxyl groups is 1.